The Hall–Kier alpha value is -3.42. The Kier molecular flexibility index (Phi) is 11.4. The van der Waals surface area contributed by atoms with E-state index in [0.717, 1.165) is 24.4 Å². The maximum atomic E-state index is 12.2. The van der Waals surface area contributed by atoms with E-state index in [2.05, 4.69) is 22.5 Å². The maximum Gasteiger partial charge on any atom is 0.255 e. The zero-order chi connectivity index (χ0) is 23.9. The molecule has 1 aromatic heterocycles. The molecule has 0 fully saturated rings. The molecule has 2 aromatic carbocycles. The molecule has 3 rings (SSSR count). The maximum absolute atomic E-state index is 12.2. The van der Waals surface area contributed by atoms with Crippen LogP contribution in [0.15, 0.2) is 66.9 Å². The summed E-state index contributed by atoms with van der Waals surface area (Å²) in [6.45, 7) is 4.12. The van der Waals surface area contributed by atoms with Crippen LogP contribution >= 0.6 is 0 Å². The van der Waals surface area contributed by atoms with Gasteiger partial charge >= 0.3 is 0 Å². The van der Waals surface area contributed by atoms with Gasteiger partial charge in [0.1, 0.15) is 11.6 Å². The fourth-order valence-corrected chi connectivity index (χ4v) is 3.01. The highest BCUT2D eigenvalue weighted by Gasteiger charge is 2.06. The number of carbonyl (C=O) groups is 1. The first kappa shape index (κ1) is 25.8. The summed E-state index contributed by atoms with van der Waals surface area (Å²) < 4.78 is 4.95. The zero-order valence-corrected chi connectivity index (χ0v) is 19.4. The minimum absolute atomic E-state index is 0.0667. The lowest BCUT2D eigenvalue weighted by Gasteiger charge is -2.07. The van der Waals surface area contributed by atoms with Crippen molar-refractivity contribution >= 4 is 17.4 Å². The quantitative estimate of drug-likeness (QED) is 0.341. The number of carbonyl (C=O) groups excluding carboxylic acids is 1. The number of aliphatic hydroxyl groups excluding tert-OH is 1. The minimum atomic E-state index is -0.155. The van der Waals surface area contributed by atoms with Crippen molar-refractivity contribution in [1.29, 1.82) is 0 Å². The van der Waals surface area contributed by atoms with Gasteiger partial charge in [0, 0.05) is 30.1 Å². The van der Waals surface area contributed by atoms with E-state index in [9.17, 15) is 4.79 Å². The lowest BCUT2D eigenvalue weighted by atomic mass is 10.1. The van der Waals surface area contributed by atoms with E-state index in [-0.39, 0.29) is 12.5 Å². The number of hydrogen-bond donors (Lipinski definition) is 4. The van der Waals surface area contributed by atoms with Gasteiger partial charge in [-0.2, -0.15) is 0 Å². The van der Waals surface area contributed by atoms with Crippen LogP contribution in [-0.2, 0) is 13.2 Å². The van der Waals surface area contributed by atoms with E-state index in [1.54, 1.807) is 31.5 Å². The summed E-state index contributed by atoms with van der Waals surface area (Å²) in [6, 6.07) is 18.3. The Morgan fingerprint density at radius 2 is 1.85 bits per heavy atom. The van der Waals surface area contributed by atoms with Crippen molar-refractivity contribution in [3.8, 4) is 5.75 Å². The third-order valence-corrected chi connectivity index (χ3v) is 4.86. The average molecular weight is 451 g/mol. The molecular weight excluding hydrogens is 416 g/mol. The van der Waals surface area contributed by atoms with Crippen LogP contribution in [0.5, 0.6) is 5.75 Å². The minimum Gasteiger partial charge on any atom is -0.497 e. The fraction of sp³-hybridized carbons (Fsp3) is 0.308. The Balaban J connectivity index is 0.000000321. The number of amides is 1. The molecule has 0 aliphatic rings. The van der Waals surface area contributed by atoms with Crippen molar-refractivity contribution in [3.05, 3.63) is 83.6 Å². The van der Waals surface area contributed by atoms with Crippen LogP contribution < -0.4 is 21.1 Å². The highest BCUT2D eigenvalue weighted by Crippen LogP contribution is 2.13. The van der Waals surface area contributed by atoms with E-state index in [1.165, 1.54) is 24.8 Å². The van der Waals surface area contributed by atoms with Crippen LogP contribution in [-0.4, -0.2) is 29.7 Å². The highest BCUT2D eigenvalue weighted by atomic mass is 16.5. The molecule has 0 unspecified atom stereocenters. The number of nitrogens with zero attached hydrogens (tertiary/aromatic N) is 1. The van der Waals surface area contributed by atoms with Crippen LogP contribution in [0.2, 0.25) is 0 Å². The van der Waals surface area contributed by atoms with Crippen molar-refractivity contribution in [2.24, 2.45) is 0 Å². The molecule has 0 bridgehead atoms. The Labute approximate surface area is 196 Å². The van der Waals surface area contributed by atoms with E-state index < -0.39 is 0 Å². The Morgan fingerprint density at radius 1 is 1.06 bits per heavy atom. The number of aromatic nitrogens is 1. The molecule has 1 amide bonds. The monoisotopic (exact) mass is 450 g/mol. The predicted octanol–water partition coefficient (Wildman–Crippen LogP) is 4.38. The molecule has 0 spiro atoms. The lowest BCUT2D eigenvalue weighted by molar-refractivity contribution is 0.102. The SMILES string of the molecule is CCCCCNCc1ccc(C(=O)Nc2ccnc(N)c2)cc1.COc1cccc(CO)c1. The van der Waals surface area contributed by atoms with Gasteiger partial charge in [-0.25, -0.2) is 4.98 Å². The van der Waals surface area contributed by atoms with E-state index in [1.807, 2.05) is 42.5 Å². The molecule has 0 saturated heterocycles. The first-order valence-electron chi connectivity index (χ1n) is 11.1. The van der Waals surface area contributed by atoms with E-state index >= 15 is 0 Å². The molecule has 7 heteroatoms. The van der Waals surface area contributed by atoms with Crippen molar-refractivity contribution < 1.29 is 14.6 Å². The summed E-state index contributed by atoms with van der Waals surface area (Å²) in [7, 11) is 1.61. The number of nitrogens with two attached hydrogens (primary N) is 1. The highest BCUT2D eigenvalue weighted by molar-refractivity contribution is 6.04. The van der Waals surface area contributed by atoms with Crippen LogP contribution in [0.25, 0.3) is 0 Å². The normalized spacial score (nSPS) is 10.2. The lowest BCUT2D eigenvalue weighted by Crippen LogP contribution is -2.15. The second-order valence-corrected chi connectivity index (χ2v) is 7.51. The summed E-state index contributed by atoms with van der Waals surface area (Å²) in [5, 5.41) is 14.9. The van der Waals surface area contributed by atoms with Crippen molar-refractivity contribution in [2.75, 3.05) is 24.7 Å². The number of rotatable bonds is 10. The molecule has 0 atom stereocenters. The first-order chi connectivity index (χ1) is 16.0. The number of nitrogens with one attached hydrogen (secondary N) is 2. The van der Waals surface area contributed by atoms with Crippen LogP contribution in [0.3, 0.4) is 0 Å². The molecule has 3 aromatic rings. The molecule has 5 N–H and O–H groups in total. The van der Waals surface area contributed by atoms with Crippen molar-refractivity contribution in [2.45, 2.75) is 39.3 Å². The number of anilines is 2. The van der Waals surface area contributed by atoms with Gasteiger partial charge in [0.2, 0.25) is 0 Å². The molecule has 0 radical (unpaired) electrons. The zero-order valence-electron chi connectivity index (χ0n) is 19.4. The molecule has 176 valence electrons. The van der Waals surface area contributed by atoms with Gasteiger partial charge < -0.3 is 26.2 Å². The molecule has 7 nitrogen and oxygen atoms in total. The third-order valence-electron chi connectivity index (χ3n) is 4.86. The Morgan fingerprint density at radius 3 is 2.52 bits per heavy atom. The van der Waals surface area contributed by atoms with Gasteiger partial charge in [-0.05, 0) is 54.4 Å². The average Bonchev–Trinajstić information content (AvgIpc) is 2.84. The number of hydrogen-bond acceptors (Lipinski definition) is 6. The number of ether oxygens (including phenoxy) is 1. The number of methoxy groups -OCH3 is 1. The molecular formula is C26H34N4O3. The fourth-order valence-electron chi connectivity index (χ4n) is 3.01. The van der Waals surface area contributed by atoms with Gasteiger partial charge in [-0.1, -0.05) is 44.0 Å². The van der Waals surface area contributed by atoms with E-state index in [0.29, 0.717) is 17.1 Å². The summed E-state index contributed by atoms with van der Waals surface area (Å²) in [5.41, 5.74) is 8.91. The summed E-state index contributed by atoms with van der Waals surface area (Å²) in [4.78, 5) is 16.1. The topological polar surface area (TPSA) is 110 Å². The third kappa shape index (κ3) is 9.72. The number of pyridine rings is 1. The van der Waals surface area contributed by atoms with Crippen molar-refractivity contribution in [3.63, 3.8) is 0 Å². The van der Waals surface area contributed by atoms with Gasteiger partial charge in [0.25, 0.3) is 5.91 Å². The standard InChI is InChI=1S/C18H24N4O.C8H10O2/c1-2-3-4-10-20-13-14-5-7-15(8-6-14)18(23)22-16-9-11-21-17(19)12-16;1-10-8-4-2-3-7(5-8)6-9/h5-9,11-12,20H,2-4,10,13H2,1H3,(H3,19,21,22,23);2-5,9H,6H2,1H3. The summed E-state index contributed by atoms with van der Waals surface area (Å²) in [5.74, 6) is 1.01. The number of benzene rings is 2. The van der Waals surface area contributed by atoms with Crippen LogP contribution in [0.4, 0.5) is 11.5 Å². The molecule has 0 saturated carbocycles. The second-order valence-electron chi connectivity index (χ2n) is 7.51. The summed E-state index contributed by atoms with van der Waals surface area (Å²) >= 11 is 0. The smallest absolute Gasteiger partial charge is 0.255 e. The van der Waals surface area contributed by atoms with Crippen LogP contribution in [0.1, 0.15) is 47.7 Å². The molecule has 0 aliphatic heterocycles. The van der Waals surface area contributed by atoms with Gasteiger partial charge in [-0.15, -0.1) is 0 Å². The van der Waals surface area contributed by atoms with Crippen molar-refractivity contribution in [1.82, 2.24) is 10.3 Å². The van der Waals surface area contributed by atoms with Gasteiger partial charge in [-0.3, -0.25) is 4.79 Å². The first-order valence-corrected chi connectivity index (χ1v) is 11.1. The number of aliphatic hydroxyl groups is 1. The van der Waals surface area contributed by atoms with Crippen LogP contribution in [0, 0.1) is 0 Å². The van der Waals surface area contributed by atoms with Gasteiger partial charge in [0.05, 0.1) is 13.7 Å². The number of nitrogen functional groups attached to an aromatic ring is 1. The second kappa shape index (κ2) is 14.6. The summed E-state index contributed by atoms with van der Waals surface area (Å²) in [6.07, 6.45) is 5.25. The molecule has 0 aliphatic carbocycles. The van der Waals surface area contributed by atoms with E-state index in [4.69, 9.17) is 15.6 Å². The molecule has 1 heterocycles. The number of unbranched alkanes of at least 4 members (excludes halogenated alkanes) is 2. The molecule has 33 heavy (non-hydrogen) atoms. The Bertz CT molecular complexity index is 958. The van der Waals surface area contributed by atoms with Gasteiger partial charge in [0.15, 0.2) is 0 Å². The largest absolute Gasteiger partial charge is 0.497 e. The predicted molar refractivity (Wildman–Crippen MR) is 133 cm³/mol.